The second kappa shape index (κ2) is 10.5. The molecule has 2 heterocycles. The number of anilines is 1. The lowest BCUT2D eigenvalue weighted by Crippen LogP contribution is -2.51. The van der Waals surface area contributed by atoms with Gasteiger partial charge in [0.25, 0.3) is 0 Å². The summed E-state index contributed by atoms with van der Waals surface area (Å²) in [4.78, 5) is 20.8. The van der Waals surface area contributed by atoms with E-state index in [1.165, 1.54) is 0 Å². The number of aromatic nitrogens is 1. The fourth-order valence-corrected chi connectivity index (χ4v) is 2.56. The number of piperazine rings is 1. The monoisotopic (exact) mass is 364 g/mol. The highest BCUT2D eigenvalue weighted by atomic mass is 35.5. The van der Waals surface area contributed by atoms with E-state index in [0.717, 1.165) is 44.3 Å². The van der Waals surface area contributed by atoms with Gasteiger partial charge >= 0.3 is 0 Å². The number of hydrogen-bond donors (Lipinski definition) is 1. The molecular formula is C15H26Cl2N4O2. The van der Waals surface area contributed by atoms with Crippen molar-refractivity contribution in [1.29, 1.82) is 0 Å². The van der Waals surface area contributed by atoms with Crippen LogP contribution in [0.5, 0.6) is 5.75 Å². The fraction of sp³-hybridized carbons (Fsp3) is 0.600. The molecular weight excluding hydrogens is 339 g/mol. The van der Waals surface area contributed by atoms with Gasteiger partial charge in [-0.25, -0.2) is 4.98 Å². The lowest BCUT2D eigenvalue weighted by Gasteiger charge is -2.36. The smallest absolute Gasteiger partial charge is 0.226 e. The molecule has 2 rings (SSSR count). The van der Waals surface area contributed by atoms with Gasteiger partial charge in [0.05, 0.1) is 7.11 Å². The molecule has 0 saturated carbocycles. The first-order valence-corrected chi connectivity index (χ1v) is 7.34. The summed E-state index contributed by atoms with van der Waals surface area (Å²) in [5, 5.41) is 3.05. The Morgan fingerprint density at radius 3 is 2.57 bits per heavy atom. The first-order chi connectivity index (χ1) is 10.2. The summed E-state index contributed by atoms with van der Waals surface area (Å²) in [5.74, 6) is 1.96. The zero-order chi connectivity index (χ0) is 15.2. The molecule has 132 valence electrons. The number of rotatable bonds is 5. The van der Waals surface area contributed by atoms with Crippen molar-refractivity contribution >= 4 is 36.5 Å². The Labute approximate surface area is 150 Å². The largest absolute Gasteiger partial charge is 0.497 e. The van der Waals surface area contributed by atoms with E-state index in [1.807, 2.05) is 31.0 Å². The topological polar surface area (TPSA) is 57.7 Å². The highest BCUT2D eigenvalue weighted by Crippen LogP contribution is 2.19. The molecule has 1 aromatic rings. The van der Waals surface area contributed by atoms with E-state index in [2.05, 4.69) is 15.2 Å². The minimum atomic E-state index is 0. The van der Waals surface area contributed by atoms with Crippen molar-refractivity contribution in [3.63, 3.8) is 0 Å². The van der Waals surface area contributed by atoms with Crippen LogP contribution in [0.25, 0.3) is 0 Å². The van der Waals surface area contributed by atoms with Crippen molar-refractivity contribution in [2.24, 2.45) is 5.92 Å². The number of pyridine rings is 1. The van der Waals surface area contributed by atoms with Gasteiger partial charge in [-0.3, -0.25) is 4.79 Å². The molecule has 8 heteroatoms. The molecule has 1 saturated heterocycles. The van der Waals surface area contributed by atoms with Crippen LogP contribution >= 0.6 is 24.8 Å². The minimum absolute atomic E-state index is 0. The van der Waals surface area contributed by atoms with E-state index in [-0.39, 0.29) is 36.6 Å². The maximum absolute atomic E-state index is 12.3. The molecule has 1 amide bonds. The standard InChI is InChI=1S/C15H24N4O2.2ClH/c1-12(11-16-2)15(20)19-8-6-18(7-9-19)14-10-13(21-3)4-5-17-14;;/h4-5,10,12,16H,6-9,11H2,1-3H3;2*1H. The highest BCUT2D eigenvalue weighted by molar-refractivity contribution is 5.85. The van der Waals surface area contributed by atoms with E-state index in [1.54, 1.807) is 13.3 Å². The maximum Gasteiger partial charge on any atom is 0.226 e. The number of methoxy groups -OCH3 is 1. The first-order valence-electron chi connectivity index (χ1n) is 7.34. The third kappa shape index (κ3) is 5.71. The van der Waals surface area contributed by atoms with Crippen molar-refractivity contribution in [2.45, 2.75) is 6.92 Å². The summed E-state index contributed by atoms with van der Waals surface area (Å²) < 4.78 is 5.23. The van der Waals surface area contributed by atoms with Crippen molar-refractivity contribution < 1.29 is 9.53 Å². The second-order valence-electron chi connectivity index (χ2n) is 5.32. The molecule has 1 atom stereocenters. The van der Waals surface area contributed by atoms with Gasteiger partial charge in [0.1, 0.15) is 11.6 Å². The number of nitrogens with zero attached hydrogens (tertiary/aromatic N) is 3. The van der Waals surface area contributed by atoms with E-state index in [0.29, 0.717) is 0 Å². The van der Waals surface area contributed by atoms with Gasteiger partial charge in [0.15, 0.2) is 0 Å². The molecule has 1 aromatic heterocycles. The number of hydrogen-bond acceptors (Lipinski definition) is 5. The number of carbonyl (C=O) groups excluding carboxylic acids is 1. The molecule has 6 nitrogen and oxygen atoms in total. The SMILES string of the molecule is CNCC(C)C(=O)N1CCN(c2cc(OC)ccn2)CC1.Cl.Cl. The summed E-state index contributed by atoms with van der Waals surface area (Å²) >= 11 is 0. The number of halogens is 2. The molecule has 0 radical (unpaired) electrons. The molecule has 1 fully saturated rings. The van der Waals surface area contributed by atoms with Crippen LogP contribution in [-0.2, 0) is 4.79 Å². The average molecular weight is 365 g/mol. The first kappa shape index (κ1) is 21.8. The van der Waals surface area contributed by atoms with E-state index < -0.39 is 0 Å². The minimum Gasteiger partial charge on any atom is -0.497 e. The van der Waals surface area contributed by atoms with Crippen LogP contribution in [0.15, 0.2) is 18.3 Å². The van der Waals surface area contributed by atoms with Gasteiger partial charge in [0, 0.05) is 50.9 Å². The Hall–Kier alpha value is -1.24. The summed E-state index contributed by atoms with van der Waals surface area (Å²) in [7, 11) is 3.52. The van der Waals surface area contributed by atoms with E-state index in [4.69, 9.17) is 4.74 Å². The second-order valence-corrected chi connectivity index (χ2v) is 5.32. The molecule has 0 bridgehead atoms. The molecule has 0 aliphatic carbocycles. The summed E-state index contributed by atoms with van der Waals surface area (Å²) in [6.45, 7) is 5.78. The van der Waals surface area contributed by atoms with Gasteiger partial charge in [-0.05, 0) is 13.1 Å². The van der Waals surface area contributed by atoms with Crippen LogP contribution in [-0.4, -0.2) is 62.7 Å². The van der Waals surface area contributed by atoms with Crippen molar-refractivity contribution in [3.8, 4) is 5.75 Å². The fourth-order valence-electron chi connectivity index (χ4n) is 2.56. The van der Waals surface area contributed by atoms with Crippen LogP contribution < -0.4 is 15.0 Å². The summed E-state index contributed by atoms with van der Waals surface area (Å²) in [6, 6.07) is 3.77. The Bertz CT molecular complexity index is 482. The van der Waals surface area contributed by atoms with Gasteiger partial charge < -0.3 is 19.9 Å². The third-order valence-electron chi connectivity index (χ3n) is 3.80. The predicted molar refractivity (Wildman–Crippen MR) is 97.2 cm³/mol. The van der Waals surface area contributed by atoms with Crippen molar-refractivity contribution in [1.82, 2.24) is 15.2 Å². The van der Waals surface area contributed by atoms with Gasteiger partial charge in [-0.15, -0.1) is 24.8 Å². The average Bonchev–Trinajstić information content (AvgIpc) is 2.54. The molecule has 1 unspecified atom stereocenters. The summed E-state index contributed by atoms with van der Waals surface area (Å²) in [5.41, 5.74) is 0. The van der Waals surface area contributed by atoms with Crippen LogP contribution in [0.1, 0.15) is 6.92 Å². The highest BCUT2D eigenvalue weighted by Gasteiger charge is 2.25. The Morgan fingerprint density at radius 1 is 1.35 bits per heavy atom. The normalized spacial score (nSPS) is 15.3. The zero-order valence-corrected chi connectivity index (χ0v) is 15.5. The van der Waals surface area contributed by atoms with Gasteiger partial charge in [0.2, 0.25) is 5.91 Å². The van der Waals surface area contributed by atoms with Gasteiger partial charge in [-0.1, -0.05) is 6.92 Å². The van der Waals surface area contributed by atoms with Crippen molar-refractivity contribution in [2.75, 3.05) is 51.8 Å². The molecule has 1 N–H and O–H groups in total. The lowest BCUT2D eigenvalue weighted by atomic mass is 10.1. The predicted octanol–water partition coefficient (Wildman–Crippen LogP) is 1.44. The lowest BCUT2D eigenvalue weighted by molar-refractivity contribution is -0.135. The Morgan fingerprint density at radius 2 is 2.00 bits per heavy atom. The van der Waals surface area contributed by atoms with E-state index in [9.17, 15) is 4.79 Å². The van der Waals surface area contributed by atoms with E-state index >= 15 is 0 Å². The Kier molecular flexibility index (Phi) is 9.95. The number of ether oxygens (including phenoxy) is 1. The number of nitrogens with one attached hydrogen (secondary N) is 1. The Balaban J connectivity index is 0.00000242. The maximum atomic E-state index is 12.3. The van der Waals surface area contributed by atoms with Crippen LogP contribution in [0.2, 0.25) is 0 Å². The van der Waals surface area contributed by atoms with Crippen molar-refractivity contribution in [3.05, 3.63) is 18.3 Å². The quantitative estimate of drug-likeness (QED) is 0.856. The number of amides is 1. The third-order valence-corrected chi connectivity index (χ3v) is 3.80. The molecule has 0 spiro atoms. The molecule has 1 aliphatic rings. The zero-order valence-electron chi connectivity index (χ0n) is 13.8. The van der Waals surface area contributed by atoms with Crippen LogP contribution in [0.3, 0.4) is 0 Å². The molecule has 0 aromatic carbocycles. The molecule has 23 heavy (non-hydrogen) atoms. The number of carbonyl (C=O) groups is 1. The van der Waals surface area contributed by atoms with Crippen LogP contribution in [0, 0.1) is 5.92 Å². The molecule has 1 aliphatic heterocycles. The van der Waals surface area contributed by atoms with Crippen LogP contribution in [0.4, 0.5) is 5.82 Å². The summed E-state index contributed by atoms with van der Waals surface area (Å²) in [6.07, 6.45) is 1.75. The van der Waals surface area contributed by atoms with Gasteiger partial charge in [-0.2, -0.15) is 0 Å².